The van der Waals surface area contributed by atoms with Gasteiger partial charge in [-0.05, 0) is 0 Å². The van der Waals surface area contributed by atoms with Crippen molar-refractivity contribution in [1.29, 1.82) is 0 Å². The fourth-order valence-corrected chi connectivity index (χ4v) is 0. The lowest BCUT2D eigenvalue weighted by Crippen LogP contribution is -2.09. The number of hydrogen-bond donors (Lipinski definition) is 2. The maximum Gasteiger partial charge on any atom is 0.215 e. The molecule has 0 saturated carbocycles. The van der Waals surface area contributed by atoms with E-state index in [1.54, 1.807) is 7.98 Å². The second kappa shape index (κ2) is 2.54. The summed E-state index contributed by atoms with van der Waals surface area (Å²) in [6.07, 6.45) is 0. The van der Waals surface area contributed by atoms with Gasteiger partial charge in [-0.25, -0.2) is 0 Å². The zero-order chi connectivity index (χ0) is 4.28. The first-order chi connectivity index (χ1) is 2.27. The normalized spacial score (nSPS) is 6.60. The molecule has 0 fully saturated rings. The van der Waals surface area contributed by atoms with Crippen molar-refractivity contribution in [2.75, 3.05) is 0 Å². The molecule has 0 aliphatic heterocycles. The molecule has 0 aromatic heterocycles. The van der Waals surface area contributed by atoms with Crippen molar-refractivity contribution in [3.8, 4) is 0 Å². The first-order valence-electron chi connectivity index (χ1n) is 1.18. The van der Waals surface area contributed by atoms with E-state index < -0.39 is 0 Å². The smallest absolute Gasteiger partial charge is 0.215 e. The molecule has 0 amide bonds. The highest BCUT2D eigenvalue weighted by atomic mass is 32.1. The van der Waals surface area contributed by atoms with Crippen LogP contribution in [0.1, 0.15) is 0 Å². The molecule has 0 rings (SSSR count). The minimum absolute atomic E-state index is 0.532. The Kier molecular flexibility index (Phi) is 2.69. The molecule has 0 bridgehead atoms. The summed E-state index contributed by atoms with van der Waals surface area (Å²) < 4.78 is 0.532. The molecule has 28 valence electrons. The molecule has 0 spiro atoms. The van der Waals surface area contributed by atoms with Gasteiger partial charge >= 0.3 is 0 Å². The monoisotopic (exact) mass is 105 g/mol. The second-order valence-corrected chi connectivity index (χ2v) is 1.71. The molecule has 1 N–H and O–H groups in total. The van der Waals surface area contributed by atoms with E-state index in [0.717, 1.165) is 0 Å². The fourth-order valence-electron chi connectivity index (χ4n) is 0. The summed E-state index contributed by atoms with van der Waals surface area (Å²) in [5.41, 5.74) is 0. The van der Waals surface area contributed by atoms with E-state index in [0.29, 0.717) is 4.32 Å². The van der Waals surface area contributed by atoms with Gasteiger partial charge < -0.3 is 5.23 Å². The van der Waals surface area contributed by atoms with Crippen LogP contribution in [0.15, 0.2) is 0 Å². The van der Waals surface area contributed by atoms with Gasteiger partial charge in [-0.2, -0.15) is 0 Å². The second-order valence-electron chi connectivity index (χ2n) is 0.555. The summed E-state index contributed by atoms with van der Waals surface area (Å²) in [6.45, 7) is 0. The summed E-state index contributed by atoms with van der Waals surface area (Å²) in [7, 11) is 1.73. The van der Waals surface area contributed by atoms with Gasteiger partial charge in [-0.3, -0.25) is 0 Å². The molecule has 0 aromatic carbocycles. The lowest BCUT2D eigenvalue weighted by molar-refractivity contribution is 1.61. The Balaban J connectivity index is 2.85. The molecule has 0 saturated heterocycles. The Morgan fingerprint density at radius 2 is 2.20 bits per heavy atom. The van der Waals surface area contributed by atoms with Gasteiger partial charge in [0, 0.05) is 0 Å². The maximum absolute atomic E-state index is 4.45. The average Bonchev–Trinajstić information content (AvgIpc) is 1.38. The summed E-state index contributed by atoms with van der Waals surface area (Å²) in [6, 6.07) is 0. The number of rotatable bonds is 0. The molecule has 0 aliphatic rings. The lowest BCUT2D eigenvalue weighted by Gasteiger charge is -1.83. The quantitative estimate of drug-likeness (QED) is 0.241. The zero-order valence-electron chi connectivity index (χ0n) is 2.86. The van der Waals surface area contributed by atoms with E-state index in [-0.39, 0.29) is 0 Å². The van der Waals surface area contributed by atoms with Crippen LogP contribution in [0.5, 0.6) is 0 Å². The Hall–Kier alpha value is 0.305. The summed E-state index contributed by atoms with van der Waals surface area (Å²) in [5, 5.41) is 2.62. The van der Waals surface area contributed by atoms with Crippen molar-refractivity contribution in [1.82, 2.24) is 5.23 Å². The van der Waals surface area contributed by atoms with E-state index in [1.807, 2.05) is 0 Å². The van der Waals surface area contributed by atoms with Gasteiger partial charge in [-0.15, -0.1) is 12.6 Å². The molecule has 1 nitrogen and oxygen atoms in total. The Morgan fingerprint density at radius 3 is 2.20 bits per heavy atom. The largest absolute Gasteiger partial charge is 0.421 e. The highest BCUT2D eigenvalue weighted by molar-refractivity contribution is 8.11. The van der Waals surface area contributed by atoms with Crippen LogP contribution >= 0.6 is 24.8 Å². The van der Waals surface area contributed by atoms with E-state index >= 15 is 0 Å². The topological polar surface area (TPSA) is 12.0 Å². The Morgan fingerprint density at radius 1 is 2.00 bits per heavy atom. The lowest BCUT2D eigenvalue weighted by atomic mass is 10.5. The average molecular weight is 105 g/mol. The summed E-state index contributed by atoms with van der Waals surface area (Å²) in [5.74, 6) is 0. The van der Waals surface area contributed by atoms with E-state index in [1.165, 1.54) is 0 Å². The first-order valence-corrected chi connectivity index (χ1v) is 2.03. The van der Waals surface area contributed by atoms with Gasteiger partial charge in [-0.1, -0.05) is 12.2 Å². The van der Waals surface area contributed by atoms with Gasteiger partial charge in [0.2, 0.25) is 7.98 Å². The molecular weight excluding hydrogens is 101 g/mol. The van der Waals surface area contributed by atoms with E-state index in [2.05, 4.69) is 30.1 Å². The highest BCUT2D eigenvalue weighted by Crippen LogP contribution is 1.69. The summed E-state index contributed by atoms with van der Waals surface area (Å²) in [4.78, 5) is 0. The van der Waals surface area contributed by atoms with E-state index in [9.17, 15) is 0 Å². The Labute approximate surface area is 43.0 Å². The van der Waals surface area contributed by atoms with Crippen LogP contribution in [-0.2, 0) is 0 Å². The first kappa shape index (κ1) is 5.30. The van der Waals surface area contributed by atoms with Crippen molar-refractivity contribution in [3.05, 3.63) is 0 Å². The van der Waals surface area contributed by atoms with Gasteiger partial charge in [0.1, 0.15) is 4.32 Å². The predicted octanol–water partition coefficient (Wildman–Crippen LogP) is -0.661. The van der Waals surface area contributed by atoms with Crippen molar-refractivity contribution in [2.24, 2.45) is 0 Å². The van der Waals surface area contributed by atoms with Crippen molar-refractivity contribution in [3.63, 3.8) is 0 Å². The number of nitrogens with one attached hydrogen (secondary N) is 1. The van der Waals surface area contributed by atoms with Crippen LogP contribution in [0.2, 0.25) is 0 Å². The van der Waals surface area contributed by atoms with Crippen molar-refractivity contribution >= 4 is 37.1 Å². The molecule has 5 heavy (non-hydrogen) atoms. The van der Waals surface area contributed by atoms with Crippen molar-refractivity contribution < 1.29 is 0 Å². The molecule has 0 atom stereocenters. The standard InChI is InChI=1S/CH4BNS2/c2-3-1(4)5/h2H2,(H2,3,4,5). The van der Waals surface area contributed by atoms with Crippen LogP contribution in [0.25, 0.3) is 0 Å². The molecule has 0 radical (unpaired) electrons. The van der Waals surface area contributed by atoms with Crippen LogP contribution in [-0.4, -0.2) is 12.3 Å². The molecule has 4 heteroatoms. The third-order valence-electron chi connectivity index (χ3n) is 0.214. The van der Waals surface area contributed by atoms with Gasteiger partial charge in [0.05, 0.1) is 0 Å². The predicted molar refractivity (Wildman–Crippen MR) is 33.3 cm³/mol. The number of hydrogen-bond acceptors (Lipinski definition) is 1. The van der Waals surface area contributed by atoms with Crippen molar-refractivity contribution in [2.45, 2.75) is 0 Å². The summed E-state index contributed by atoms with van der Waals surface area (Å²) >= 11 is 8.17. The van der Waals surface area contributed by atoms with Gasteiger partial charge in [0.25, 0.3) is 0 Å². The minimum Gasteiger partial charge on any atom is -0.421 e. The Bertz CT molecular complexity index is 44.9. The SMILES string of the molecule is BNC(=S)S. The van der Waals surface area contributed by atoms with E-state index in [4.69, 9.17) is 0 Å². The zero-order valence-corrected chi connectivity index (χ0v) is 4.57. The third kappa shape index (κ3) is 4.30. The van der Waals surface area contributed by atoms with Crippen LogP contribution in [0.4, 0.5) is 0 Å². The fraction of sp³-hybridized carbons (Fsp3) is 0. The molecule has 0 unspecified atom stereocenters. The maximum atomic E-state index is 4.45. The number of thiocarbonyl (C=S) groups is 1. The molecule has 0 heterocycles. The molecule has 0 aromatic rings. The number of thiol groups is 1. The highest BCUT2D eigenvalue weighted by Gasteiger charge is 1.68. The minimum atomic E-state index is 0.532. The van der Waals surface area contributed by atoms with Gasteiger partial charge in [0.15, 0.2) is 0 Å². The molecular formula is CH4BNS2. The van der Waals surface area contributed by atoms with Crippen LogP contribution < -0.4 is 5.23 Å². The third-order valence-corrected chi connectivity index (χ3v) is 0.642. The molecule has 0 aliphatic carbocycles. The van der Waals surface area contributed by atoms with Crippen LogP contribution in [0, 0.1) is 0 Å². The van der Waals surface area contributed by atoms with Crippen LogP contribution in [0.3, 0.4) is 0 Å².